The van der Waals surface area contributed by atoms with E-state index in [0.29, 0.717) is 22.0 Å². The molecule has 2 aromatic carbocycles. The summed E-state index contributed by atoms with van der Waals surface area (Å²) < 4.78 is 13.2. The SMILES string of the molecule is O=C(O)c1ccc2nccc(-c3ccc(F)cc3Cl)c2c1. The smallest absolute Gasteiger partial charge is 0.335 e. The Bertz CT molecular complexity index is 864. The number of fused-ring (bicyclic) bond motifs is 1. The first kappa shape index (κ1) is 13.5. The maximum Gasteiger partial charge on any atom is 0.335 e. The highest BCUT2D eigenvalue weighted by Gasteiger charge is 2.11. The molecule has 21 heavy (non-hydrogen) atoms. The van der Waals surface area contributed by atoms with Crippen molar-refractivity contribution in [2.24, 2.45) is 0 Å². The third-order valence-electron chi connectivity index (χ3n) is 3.21. The second-order valence-corrected chi connectivity index (χ2v) is 4.93. The van der Waals surface area contributed by atoms with Gasteiger partial charge in [0.15, 0.2) is 0 Å². The molecular weight excluding hydrogens is 293 g/mol. The molecule has 0 saturated heterocycles. The van der Waals surface area contributed by atoms with E-state index in [1.165, 1.54) is 18.2 Å². The molecular formula is C16H9ClFNO2. The number of nitrogens with zero attached hydrogens (tertiary/aromatic N) is 1. The summed E-state index contributed by atoms with van der Waals surface area (Å²) in [6.45, 7) is 0. The van der Waals surface area contributed by atoms with E-state index in [-0.39, 0.29) is 10.6 Å². The number of rotatable bonds is 2. The molecule has 1 N–H and O–H groups in total. The van der Waals surface area contributed by atoms with E-state index >= 15 is 0 Å². The van der Waals surface area contributed by atoms with Crippen LogP contribution in [0.15, 0.2) is 48.7 Å². The van der Waals surface area contributed by atoms with Gasteiger partial charge in [-0.2, -0.15) is 0 Å². The number of pyridine rings is 1. The minimum Gasteiger partial charge on any atom is -0.478 e. The molecule has 0 aliphatic carbocycles. The van der Waals surface area contributed by atoms with Crippen molar-refractivity contribution in [2.45, 2.75) is 0 Å². The summed E-state index contributed by atoms with van der Waals surface area (Å²) in [5.41, 5.74) is 2.16. The van der Waals surface area contributed by atoms with Gasteiger partial charge in [0.25, 0.3) is 0 Å². The number of aromatic nitrogens is 1. The van der Waals surface area contributed by atoms with Gasteiger partial charge in [-0.3, -0.25) is 4.98 Å². The van der Waals surface area contributed by atoms with Crippen LogP contribution in [0, 0.1) is 5.82 Å². The third kappa shape index (κ3) is 2.45. The van der Waals surface area contributed by atoms with Crippen LogP contribution in [0.2, 0.25) is 5.02 Å². The summed E-state index contributed by atoms with van der Waals surface area (Å²) >= 11 is 6.09. The molecule has 0 spiro atoms. The molecule has 5 heteroatoms. The minimum absolute atomic E-state index is 0.162. The van der Waals surface area contributed by atoms with E-state index < -0.39 is 11.8 Å². The fraction of sp³-hybridized carbons (Fsp3) is 0. The van der Waals surface area contributed by atoms with Crippen LogP contribution in [0.25, 0.3) is 22.0 Å². The number of carbonyl (C=O) groups is 1. The number of hydrogen-bond acceptors (Lipinski definition) is 2. The van der Waals surface area contributed by atoms with Gasteiger partial charge in [-0.1, -0.05) is 11.6 Å². The van der Waals surface area contributed by atoms with Crippen LogP contribution in [-0.2, 0) is 0 Å². The standard InChI is InChI=1S/C16H9ClFNO2/c17-14-8-10(18)2-3-12(14)11-5-6-19-15-4-1-9(16(20)21)7-13(11)15/h1-8H,(H,20,21). The fourth-order valence-corrected chi connectivity index (χ4v) is 2.49. The van der Waals surface area contributed by atoms with Gasteiger partial charge in [0, 0.05) is 17.1 Å². The molecule has 3 nitrogen and oxygen atoms in total. The number of halogens is 2. The molecule has 0 unspecified atom stereocenters. The molecule has 0 bridgehead atoms. The average Bonchev–Trinajstić information content (AvgIpc) is 2.46. The van der Waals surface area contributed by atoms with Gasteiger partial charge in [-0.05, 0) is 48.0 Å². The highest BCUT2D eigenvalue weighted by molar-refractivity contribution is 6.33. The molecule has 3 aromatic rings. The first-order chi connectivity index (χ1) is 10.1. The molecule has 0 atom stereocenters. The lowest BCUT2D eigenvalue weighted by Crippen LogP contribution is -1.96. The summed E-state index contributed by atoms with van der Waals surface area (Å²) in [4.78, 5) is 15.3. The Morgan fingerprint density at radius 2 is 1.90 bits per heavy atom. The topological polar surface area (TPSA) is 50.2 Å². The molecule has 0 aliphatic heterocycles. The molecule has 0 radical (unpaired) electrons. The fourth-order valence-electron chi connectivity index (χ4n) is 2.22. The van der Waals surface area contributed by atoms with Crippen LogP contribution >= 0.6 is 11.6 Å². The number of hydrogen-bond donors (Lipinski definition) is 1. The van der Waals surface area contributed by atoms with Crippen molar-refractivity contribution < 1.29 is 14.3 Å². The van der Waals surface area contributed by atoms with Crippen LogP contribution in [0.1, 0.15) is 10.4 Å². The Labute approximate surface area is 124 Å². The van der Waals surface area contributed by atoms with Crippen molar-refractivity contribution in [1.82, 2.24) is 4.98 Å². The number of carboxylic acids is 1. The Kier molecular flexibility index (Phi) is 3.31. The highest BCUT2D eigenvalue weighted by Crippen LogP contribution is 2.33. The van der Waals surface area contributed by atoms with E-state index in [9.17, 15) is 9.18 Å². The molecule has 1 heterocycles. The first-order valence-corrected chi connectivity index (χ1v) is 6.51. The molecule has 3 rings (SSSR count). The zero-order valence-corrected chi connectivity index (χ0v) is 11.4. The van der Waals surface area contributed by atoms with E-state index in [1.54, 1.807) is 30.5 Å². The van der Waals surface area contributed by atoms with E-state index in [2.05, 4.69) is 4.98 Å². The molecule has 104 valence electrons. The summed E-state index contributed by atoms with van der Waals surface area (Å²) in [5, 5.41) is 10.0. The minimum atomic E-state index is -1.02. The largest absolute Gasteiger partial charge is 0.478 e. The van der Waals surface area contributed by atoms with Crippen molar-refractivity contribution in [3.63, 3.8) is 0 Å². The van der Waals surface area contributed by atoms with Gasteiger partial charge in [0.05, 0.1) is 16.1 Å². The van der Waals surface area contributed by atoms with Gasteiger partial charge < -0.3 is 5.11 Å². The Morgan fingerprint density at radius 1 is 1.10 bits per heavy atom. The summed E-state index contributed by atoms with van der Waals surface area (Å²) in [6, 6.07) is 10.5. The molecule has 1 aromatic heterocycles. The van der Waals surface area contributed by atoms with Crippen LogP contribution in [-0.4, -0.2) is 16.1 Å². The first-order valence-electron chi connectivity index (χ1n) is 6.14. The van der Waals surface area contributed by atoms with E-state index in [1.807, 2.05) is 0 Å². The van der Waals surface area contributed by atoms with E-state index in [0.717, 1.165) is 0 Å². The van der Waals surface area contributed by atoms with Gasteiger partial charge in [0.2, 0.25) is 0 Å². The van der Waals surface area contributed by atoms with Crippen molar-refractivity contribution in [3.8, 4) is 11.1 Å². The second kappa shape index (κ2) is 5.14. The lowest BCUT2D eigenvalue weighted by atomic mass is 9.99. The second-order valence-electron chi connectivity index (χ2n) is 4.52. The van der Waals surface area contributed by atoms with Crippen LogP contribution in [0.4, 0.5) is 4.39 Å². The Morgan fingerprint density at radius 3 is 2.62 bits per heavy atom. The zero-order valence-electron chi connectivity index (χ0n) is 10.7. The molecule has 0 aliphatic rings. The average molecular weight is 302 g/mol. The van der Waals surface area contributed by atoms with Crippen LogP contribution in [0.5, 0.6) is 0 Å². The van der Waals surface area contributed by atoms with Gasteiger partial charge >= 0.3 is 5.97 Å². The zero-order chi connectivity index (χ0) is 15.0. The quantitative estimate of drug-likeness (QED) is 0.763. The van der Waals surface area contributed by atoms with Gasteiger partial charge in [-0.25, -0.2) is 9.18 Å². The summed E-state index contributed by atoms with van der Waals surface area (Å²) in [6.07, 6.45) is 1.61. The summed E-state index contributed by atoms with van der Waals surface area (Å²) in [7, 11) is 0. The molecule has 0 fully saturated rings. The Hall–Kier alpha value is -2.46. The van der Waals surface area contributed by atoms with Crippen molar-refractivity contribution >= 4 is 28.5 Å². The monoisotopic (exact) mass is 301 g/mol. The maximum atomic E-state index is 13.2. The number of aromatic carboxylic acids is 1. The maximum absolute atomic E-state index is 13.2. The van der Waals surface area contributed by atoms with Crippen molar-refractivity contribution in [1.29, 1.82) is 0 Å². The van der Waals surface area contributed by atoms with Crippen molar-refractivity contribution in [3.05, 3.63) is 65.1 Å². The van der Waals surface area contributed by atoms with Gasteiger partial charge in [0.1, 0.15) is 5.82 Å². The lowest BCUT2D eigenvalue weighted by Gasteiger charge is -2.09. The predicted molar refractivity (Wildman–Crippen MR) is 79.1 cm³/mol. The van der Waals surface area contributed by atoms with Crippen LogP contribution in [0.3, 0.4) is 0 Å². The molecule has 0 saturated carbocycles. The van der Waals surface area contributed by atoms with Gasteiger partial charge in [-0.15, -0.1) is 0 Å². The number of benzene rings is 2. The van der Waals surface area contributed by atoms with E-state index in [4.69, 9.17) is 16.7 Å². The lowest BCUT2D eigenvalue weighted by molar-refractivity contribution is 0.0697. The third-order valence-corrected chi connectivity index (χ3v) is 3.52. The number of carboxylic acid groups (broad SMARTS) is 1. The molecule has 0 amide bonds. The van der Waals surface area contributed by atoms with Crippen molar-refractivity contribution in [2.75, 3.05) is 0 Å². The summed E-state index contributed by atoms with van der Waals surface area (Å²) in [5.74, 6) is -1.44. The van der Waals surface area contributed by atoms with Crippen LogP contribution < -0.4 is 0 Å². The highest BCUT2D eigenvalue weighted by atomic mass is 35.5. The Balaban J connectivity index is 2.31. The predicted octanol–water partition coefficient (Wildman–Crippen LogP) is 4.39. The normalized spacial score (nSPS) is 10.8.